The number of hydrogen-bond acceptors (Lipinski definition) is 0. The van der Waals surface area contributed by atoms with Gasteiger partial charge in [-0.3, -0.25) is 0 Å². The van der Waals surface area contributed by atoms with Crippen LogP contribution in [0.15, 0.2) is 48.5 Å². The molecular weight excluding hydrogens is 230 g/mol. The van der Waals surface area contributed by atoms with Crippen LogP contribution in [0.3, 0.4) is 0 Å². The van der Waals surface area contributed by atoms with Crippen LogP contribution >= 0.6 is 0 Å². The Morgan fingerprint density at radius 3 is 1.17 bits per heavy atom. The summed E-state index contributed by atoms with van der Waals surface area (Å²) < 4.78 is 25.3. The summed E-state index contributed by atoms with van der Waals surface area (Å²) in [6.45, 7) is 4.00. The van der Waals surface area contributed by atoms with E-state index in [0.717, 1.165) is 24.0 Å². The van der Waals surface area contributed by atoms with Crippen molar-refractivity contribution in [2.75, 3.05) is 0 Å². The molecule has 2 aromatic rings. The monoisotopic (exact) mass is 248 g/mol. The van der Waals surface area contributed by atoms with Gasteiger partial charge in [0.2, 0.25) is 0 Å². The molecule has 0 aliphatic carbocycles. The minimum Gasteiger partial charge on any atom is -0.207 e. The third kappa shape index (κ3) is 4.66. The molecule has 0 bridgehead atoms. The maximum atomic E-state index is 12.7. The van der Waals surface area contributed by atoms with Crippen molar-refractivity contribution >= 4 is 0 Å². The quantitative estimate of drug-likeness (QED) is 0.733. The van der Waals surface area contributed by atoms with Gasteiger partial charge in [-0.2, -0.15) is 0 Å². The SMILES string of the molecule is CC.Fc1ccc(CCc2ccc(F)cc2)cc1. The Labute approximate surface area is 107 Å². The second kappa shape index (κ2) is 7.59. The fraction of sp³-hybridized carbons (Fsp3) is 0.250. The summed E-state index contributed by atoms with van der Waals surface area (Å²) in [5.74, 6) is -0.434. The van der Waals surface area contributed by atoms with Gasteiger partial charge >= 0.3 is 0 Å². The molecule has 0 fully saturated rings. The molecule has 0 saturated carbocycles. The maximum absolute atomic E-state index is 12.7. The van der Waals surface area contributed by atoms with E-state index in [1.54, 1.807) is 24.3 Å². The summed E-state index contributed by atoms with van der Waals surface area (Å²) >= 11 is 0. The van der Waals surface area contributed by atoms with Gasteiger partial charge in [-0.15, -0.1) is 0 Å². The van der Waals surface area contributed by atoms with E-state index in [1.165, 1.54) is 24.3 Å². The van der Waals surface area contributed by atoms with Crippen molar-refractivity contribution in [3.63, 3.8) is 0 Å². The first-order valence-corrected chi connectivity index (χ1v) is 6.23. The molecular formula is C16H18F2. The van der Waals surface area contributed by atoms with Crippen LogP contribution in [-0.4, -0.2) is 0 Å². The first-order valence-electron chi connectivity index (χ1n) is 6.23. The average Bonchev–Trinajstić information content (AvgIpc) is 2.42. The lowest BCUT2D eigenvalue weighted by Gasteiger charge is -2.02. The standard InChI is InChI=1S/C14H12F2.C2H6/c15-13-7-3-11(4-8-13)1-2-12-5-9-14(16)10-6-12;1-2/h3-10H,1-2H2;1-2H3. The Morgan fingerprint density at radius 2 is 0.889 bits per heavy atom. The minimum atomic E-state index is -0.217. The van der Waals surface area contributed by atoms with Crippen molar-refractivity contribution in [3.8, 4) is 0 Å². The zero-order valence-corrected chi connectivity index (χ0v) is 10.8. The van der Waals surface area contributed by atoms with Crippen LogP contribution in [0.1, 0.15) is 25.0 Å². The van der Waals surface area contributed by atoms with Crippen molar-refractivity contribution in [2.24, 2.45) is 0 Å². The molecule has 0 unspecified atom stereocenters. The summed E-state index contributed by atoms with van der Waals surface area (Å²) in [7, 11) is 0. The highest BCUT2D eigenvalue weighted by Gasteiger charge is 1.97. The van der Waals surface area contributed by atoms with Crippen LogP contribution < -0.4 is 0 Å². The van der Waals surface area contributed by atoms with Crippen LogP contribution in [-0.2, 0) is 12.8 Å². The summed E-state index contributed by atoms with van der Waals surface area (Å²) in [4.78, 5) is 0. The van der Waals surface area contributed by atoms with Crippen LogP contribution in [0.2, 0.25) is 0 Å². The molecule has 0 nitrogen and oxygen atoms in total. The predicted molar refractivity (Wildman–Crippen MR) is 71.6 cm³/mol. The molecule has 0 N–H and O–H groups in total. The zero-order chi connectivity index (χ0) is 13.4. The third-order valence-electron chi connectivity index (χ3n) is 2.53. The highest BCUT2D eigenvalue weighted by atomic mass is 19.1. The maximum Gasteiger partial charge on any atom is 0.123 e. The Hall–Kier alpha value is -1.70. The summed E-state index contributed by atoms with van der Waals surface area (Å²) in [5.41, 5.74) is 2.18. The molecule has 0 aromatic heterocycles. The Morgan fingerprint density at radius 1 is 0.611 bits per heavy atom. The van der Waals surface area contributed by atoms with Crippen LogP contribution in [0.5, 0.6) is 0 Å². The van der Waals surface area contributed by atoms with E-state index < -0.39 is 0 Å². The van der Waals surface area contributed by atoms with Gasteiger partial charge in [0.25, 0.3) is 0 Å². The number of rotatable bonds is 3. The van der Waals surface area contributed by atoms with Crippen molar-refractivity contribution in [3.05, 3.63) is 71.3 Å². The summed E-state index contributed by atoms with van der Waals surface area (Å²) in [6, 6.07) is 12.9. The minimum absolute atomic E-state index is 0.217. The molecule has 18 heavy (non-hydrogen) atoms. The molecule has 0 saturated heterocycles. The van der Waals surface area contributed by atoms with Gasteiger partial charge in [0, 0.05) is 0 Å². The van der Waals surface area contributed by atoms with Gasteiger partial charge in [-0.05, 0) is 48.2 Å². The van der Waals surface area contributed by atoms with Crippen molar-refractivity contribution < 1.29 is 8.78 Å². The Bertz CT molecular complexity index is 398. The van der Waals surface area contributed by atoms with Crippen LogP contribution in [0.25, 0.3) is 0 Å². The predicted octanol–water partition coefficient (Wildman–Crippen LogP) is 4.78. The Kier molecular flexibility index (Phi) is 6.06. The molecule has 2 heteroatoms. The lowest BCUT2D eigenvalue weighted by molar-refractivity contribution is 0.625. The fourth-order valence-corrected chi connectivity index (χ4v) is 1.59. The van der Waals surface area contributed by atoms with Crippen molar-refractivity contribution in [1.82, 2.24) is 0 Å². The van der Waals surface area contributed by atoms with Gasteiger partial charge in [0.05, 0.1) is 0 Å². The number of halogens is 2. The van der Waals surface area contributed by atoms with E-state index in [2.05, 4.69) is 0 Å². The molecule has 0 aliphatic heterocycles. The molecule has 2 rings (SSSR count). The average molecular weight is 248 g/mol. The van der Waals surface area contributed by atoms with Gasteiger partial charge < -0.3 is 0 Å². The molecule has 96 valence electrons. The van der Waals surface area contributed by atoms with E-state index in [-0.39, 0.29) is 11.6 Å². The zero-order valence-electron chi connectivity index (χ0n) is 10.8. The summed E-state index contributed by atoms with van der Waals surface area (Å²) in [5, 5.41) is 0. The topological polar surface area (TPSA) is 0 Å². The van der Waals surface area contributed by atoms with Gasteiger partial charge in [-0.1, -0.05) is 38.1 Å². The molecule has 0 atom stereocenters. The van der Waals surface area contributed by atoms with E-state index >= 15 is 0 Å². The van der Waals surface area contributed by atoms with E-state index in [9.17, 15) is 8.78 Å². The van der Waals surface area contributed by atoms with Crippen LogP contribution in [0, 0.1) is 11.6 Å². The van der Waals surface area contributed by atoms with Gasteiger partial charge in [0.1, 0.15) is 11.6 Å². The highest BCUT2D eigenvalue weighted by molar-refractivity contribution is 5.20. The van der Waals surface area contributed by atoms with E-state index in [1.807, 2.05) is 13.8 Å². The number of hydrogen-bond donors (Lipinski definition) is 0. The molecule has 0 aliphatic rings. The third-order valence-corrected chi connectivity index (χ3v) is 2.53. The largest absolute Gasteiger partial charge is 0.207 e. The van der Waals surface area contributed by atoms with Crippen molar-refractivity contribution in [2.45, 2.75) is 26.7 Å². The smallest absolute Gasteiger partial charge is 0.123 e. The summed E-state index contributed by atoms with van der Waals surface area (Å²) in [6.07, 6.45) is 1.68. The van der Waals surface area contributed by atoms with E-state index in [0.29, 0.717) is 0 Å². The van der Waals surface area contributed by atoms with Gasteiger partial charge in [0.15, 0.2) is 0 Å². The highest BCUT2D eigenvalue weighted by Crippen LogP contribution is 2.09. The molecule has 0 radical (unpaired) electrons. The van der Waals surface area contributed by atoms with E-state index in [4.69, 9.17) is 0 Å². The Balaban J connectivity index is 0.000000771. The molecule has 0 heterocycles. The molecule has 2 aromatic carbocycles. The lowest BCUT2D eigenvalue weighted by atomic mass is 10.0. The normalized spacial score (nSPS) is 9.56. The molecule has 0 spiro atoms. The second-order valence-electron chi connectivity index (χ2n) is 3.75. The first-order chi connectivity index (χ1) is 8.74. The number of aryl methyl sites for hydroxylation is 2. The fourth-order valence-electron chi connectivity index (χ4n) is 1.59. The van der Waals surface area contributed by atoms with Crippen molar-refractivity contribution in [1.29, 1.82) is 0 Å². The van der Waals surface area contributed by atoms with Crippen LogP contribution in [0.4, 0.5) is 8.78 Å². The first kappa shape index (κ1) is 14.4. The van der Waals surface area contributed by atoms with Gasteiger partial charge in [-0.25, -0.2) is 8.78 Å². The number of benzene rings is 2. The second-order valence-corrected chi connectivity index (χ2v) is 3.75. The lowest BCUT2D eigenvalue weighted by Crippen LogP contribution is -1.91. The molecule has 0 amide bonds.